The summed E-state index contributed by atoms with van der Waals surface area (Å²) in [6, 6.07) is 0. The minimum atomic E-state index is 0.755. The fraction of sp³-hybridized carbons (Fsp3) is 0.600. The molecule has 34 valence electrons. The molecule has 0 aliphatic heterocycles. The first-order valence-corrected chi connectivity index (χ1v) is 3.01. The van der Waals surface area contributed by atoms with Crippen LogP contribution in [0.5, 0.6) is 0 Å². The van der Waals surface area contributed by atoms with Gasteiger partial charge in [-0.3, -0.25) is 0 Å². The summed E-state index contributed by atoms with van der Waals surface area (Å²) in [5.74, 6) is 0. The van der Waals surface area contributed by atoms with Crippen LogP contribution < -0.4 is 0 Å². The second kappa shape index (κ2) is 1.38. The molecule has 1 fully saturated rings. The Kier molecular flexibility index (Phi) is 1.00. The largest absolute Gasteiger partial charge is 0.0998 e. The Morgan fingerprint density at radius 2 is 2.17 bits per heavy atom. The van der Waals surface area contributed by atoms with Crippen LogP contribution in [0.1, 0.15) is 12.8 Å². The van der Waals surface area contributed by atoms with Gasteiger partial charge in [0.25, 0.3) is 0 Å². The number of halogens is 1. The van der Waals surface area contributed by atoms with Crippen LogP contribution in [0.15, 0.2) is 12.2 Å². The Bertz CT molecular complexity index is 68.0. The predicted molar refractivity (Wildman–Crippen MR) is 31.1 cm³/mol. The lowest BCUT2D eigenvalue weighted by atomic mass is 9.94. The molecule has 1 rings (SSSR count). The molecule has 6 heavy (non-hydrogen) atoms. The van der Waals surface area contributed by atoms with E-state index >= 15 is 0 Å². The predicted octanol–water partition coefficient (Wildman–Crippen LogP) is 2.10. The van der Waals surface area contributed by atoms with Gasteiger partial charge in [-0.25, -0.2) is 0 Å². The van der Waals surface area contributed by atoms with Crippen molar-refractivity contribution in [2.45, 2.75) is 17.7 Å². The van der Waals surface area contributed by atoms with Crippen molar-refractivity contribution >= 4 is 15.9 Å². The van der Waals surface area contributed by atoms with Crippen LogP contribution in [0, 0.1) is 0 Å². The fourth-order valence-corrected chi connectivity index (χ4v) is 1.48. The number of allylic oxidation sites excluding steroid dienone is 1. The molecule has 1 saturated carbocycles. The monoisotopic (exact) mass is 146 g/mol. The summed E-state index contributed by atoms with van der Waals surface area (Å²) < 4.78 is 0. The summed E-state index contributed by atoms with van der Waals surface area (Å²) in [6.45, 7) is 3.78. The first kappa shape index (κ1) is 4.38. The summed E-state index contributed by atoms with van der Waals surface area (Å²) in [7, 11) is 0. The van der Waals surface area contributed by atoms with Crippen LogP contribution >= 0.6 is 15.9 Å². The van der Waals surface area contributed by atoms with Crippen LogP contribution in [-0.4, -0.2) is 4.83 Å². The quantitative estimate of drug-likeness (QED) is 0.363. The van der Waals surface area contributed by atoms with Crippen molar-refractivity contribution in [2.75, 3.05) is 0 Å². The van der Waals surface area contributed by atoms with Gasteiger partial charge in [0.1, 0.15) is 0 Å². The molecule has 0 N–H and O–H groups in total. The van der Waals surface area contributed by atoms with Gasteiger partial charge in [0.05, 0.1) is 0 Å². The first-order valence-electron chi connectivity index (χ1n) is 2.10. The van der Waals surface area contributed by atoms with Gasteiger partial charge >= 0.3 is 0 Å². The maximum absolute atomic E-state index is 3.78. The maximum Gasteiger partial charge on any atom is 0.0219 e. The van der Waals surface area contributed by atoms with Crippen molar-refractivity contribution in [3.8, 4) is 0 Å². The van der Waals surface area contributed by atoms with E-state index in [1.807, 2.05) is 0 Å². The highest BCUT2D eigenvalue weighted by atomic mass is 79.9. The van der Waals surface area contributed by atoms with Crippen LogP contribution in [0.2, 0.25) is 0 Å². The first-order chi connectivity index (χ1) is 2.79. The summed E-state index contributed by atoms with van der Waals surface area (Å²) in [5.41, 5.74) is 1.39. The van der Waals surface area contributed by atoms with Crippen molar-refractivity contribution in [3.05, 3.63) is 12.2 Å². The van der Waals surface area contributed by atoms with E-state index < -0.39 is 0 Å². The zero-order valence-electron chi connectivity index (χ0n) is 3.58. The lowest BCUT2D eigenvalue weighted by Crippen LogP contribution is -2.11. The molecule has 0 spiro atoms. The van der Waals surface area contributed by atoms with Gasteiger partial charge in [-0.15, -0.1) is 0 Å². The molecule has 0 nitrogen and oxygen atoms in total. The van der Waals surface area contributed by atoms with Crippen LogP contribution in [-0.2, 0) is 0 Å². The average Bonchev–Trinajstić information content (AvgIpc) is 1.33. The Morgan fingerprint density at radius 3 is 2.17 bits per heavy atom. The van der Waals surface area contributed by atoms with Crippen molar-refractivity contribution in [3.63, 3.8) is 0 Å². The molecule has 1 aliphatic carbocycles. The standard InChI is InChI=1S/C5H7Br/c1-4-2-5(6)3-4/h5H,1-3H2. The van der Waals surface area contributed by atoms with Gasteiger partial charge in [0.15, 0.2) is 0 Å². The van der Waals surface area contributed by atoms with E-state index in [0.717, 1.165) is 4.83 Å². The summed E-state index contributed by atoms with van der Waals surface area (Å²) in [6.07, 6.45) is 2.39. The van der Waals surface area contributed by atoms with Gasteiger partial charge in [-0.2, -0.15) is 0 Å². The zero-order valence-corrected chi connectivity index (χ0v) is 5.16. The van der Waals surface area contributed by atoms with Crippen molar-refractivity contribution in [1.29, 1.82) is 0 Å². The molecule has 0 bridgehead atoms. The van der Waals surface area contributed by atoms with E-state index in [1.54, 1.807) is 0 Å². The van der Waals surface area contributed by atoms with Gasteiger partial charge in [-0.05, 0) is 12.8 Å². The van der Waals surface area contributed by atoms with Crippen molar-refractivity contribution in [2.24, 2.45) is 0 Å². The Labute approximate surface area is 46.4 Å². The van der Waals surface area contributed by atoms with E-state index in [1.165, 1.54) is 18.4 Å². The minimum absolute atomic E-state index is 0.755. The third kappa shape index (κ3) is 0.648. The van der Waals surface area contributed by atoms with Crippen molar-refractivity contribution in [1.82, 2.24) is 0 Å². The molecule has 0 radical (unpaired) electrons. The third-order valence-corrected chi connectivity index (χ3v) is 1.67. The highest BCUT2D eigenvalue weighted by Gasteiger charge is 2.16. The molecule has 0 aromatic carbocycles. The molecule has 0 aromatic rings. The highest BCUT2D eigenvalue weighted by Crippen LogP contribution is 2.30. The average molecular weight is 147 g/mol. The second-order valence-electron chi connectivity index (χ2n) is 1.76. The number of hydrogen-bond acceptors (Lipinski definition) is 0. The molecule has 0 heterocycles. The molecular weight excluding hydrogens is 140 g/mol. The van der Waals surface area contributed by atoms with Gasteiger partial charge in [-0.1, -0.05) is 28.1 Å². The fourth-order valence-electron chi connectivity index (χ4n) is 0.567. The Balaban J connectivity index is 2.28. The molecule has 1 heteroatoms. The molecular formula is C5H7Br. The molecule has 0 atom stereocenters. The lowest BCUT2D eigenvalue weighted by Gasteiger charge is -2.21. The Morgan fingerprint density at radius 1 is 1.67 bits per heavy atom. The highest BCUT2D eigenvalue weighted by molar-refractivity contribution is 9.09. The molecule has 0 unspecified atom stereocenters. The van der Waals surface area contributed by atoms with Gasteiger partial charge in [0.2, 0.25) is 0 Å². The minimum Gasteiger partial charge on any atom is -0.0998 e. The lowest BCUT2D eigenvalue weighted by molar-refractivity contribution is 0.699. The summed E-state index contributed by atoms with van der Waals surface area (Å²) >= 11 is 3.44. The molecule has 0 amide bonds. The maximum atomic E-state index is 3.78. The van der Waals surface area contributed by atoms with E-state index in [2.05, 4.69) is 22.5 Å². The summed E-state index contributed by atoms with van der Waals surface area (Å²) in [4.78, 5) is 0.755. The molecule has 1 aliphatic rings. The molecule has 0 saturated heterocycles. The van der Waals surface area contributed by atoms with Crippen LogP contribution in [0.3, 0.4) is 0 Å². The number of alkyl halides is 1. The molecule has 0 aromatic heterocycles. The van der Waals surface area contributed by atoms with Crippen LogP contribution in [0.25, 0.3) is 0 Å². The topological polar surface area (TPSA) is 0 Å². The SMILES string of the molecule is C=C1CC(Br)C1. The van der Waals surface area contributed by atoms with E-state index in [9.17, 15) is 0 Å². The van der Waals surface area contributed by atoms with Gasteiger partial charge < -0.3 is 0 Å². The second-order valence-corrected chi connectivity index (χ2v) is 3.05. The Hall–Kier alpha value is 0.220. The smallest absolute Gasteiger partial charge is 0.0219 e. The zero-order chi connectivity index (χ0) is 4.57. The van der Waals surface area contributed by atoms with Crippen LogP contribution in [0.4, 0.5) is 0 Å². The number of rotatable bonds is 0. The normalized spacial score (nSPS) is 23.8. The third-order valence-electron chi connectivity index (χ3n) is 1.02. The van der Waals surface area contributed by atoms with Crippen molar-refractivity contribution < 1.29 is 0 Å². The van der Waals surface area contributed by atoms with E-state index in [0.29, 0.717) is 0 Å². The van der Waals surface area contributed by atoms with E-state index in [-0.39, 0.29) is 0 Å². The summed E-state index contributed by atoms with van der Waals surface area (Å²) in [5, 5.41) is 0. The number of hydrogen-bond donors (Lipinski definition) is 0. The van der Waals surface area contributed by atoms with Gasteiger partial charge in [0, 0.05) is 4.83 Å². The van der Waals surface area contributed by atoms with E-state index in [4.69, 9.17) is 0 Å².